The number of benzene rings is 1. The van der Waals surface area contributed by atoms with Gasteiger partial charge >= 0.3 is 0 Å². The van der Waals surface area contributed by atoms with E-state index in [4.69, 9.17) is 4.74 Å². The summed E-state index contributed by atoms with van der Waals surface area (Å²) in [5, 5.41) is 0. The fourth-order valence-corrected chi connectivity index (χ4v) is 2.09. The molecule has 0 radical (unpaired) electrons. The fourth-order valence-electron chi connectivity index (χ4n) is 2.09. The molecule has 0 aromatic heterocycles. The van der Waals surface area contributed by atoms with Gasteiger partial charge in [0.2, 0.25) is 17.7 Å². The van der Waals surface area contributed by atoms with E-state index in [1.165, 1.54) is 7.11 Å². The van der Waals surface area contributed by atoms with Gasteiger partial charge in [0.15, 0.2) is 0 Å². The molecule has 2 N–H and O–H groups in total. The van der Waals surface area contributed by atoms with E-state index >= 15 is 0 Å². The van der Waals surface area contributed by atoms with Gasteiger partial charge in [-0.3, -0.25) is 34.9 Å². The second-order valence-corrected chi connectivity index (χ2v) is 4.92. The second-order valence-electron chi connectivity index (χ2n) is 4.92. The molecule has 1 saturated heterocycles. The first-order valence-electron chi connectivity index (χ1n) is 7.07. The SMILES string of the molecule is COc1ccc(C(=O)NNC(=O)CCN2C(=O)CCC2=O)cc1. The number of hydrazine groups is 1. The molecule has 1 aliphatic rings. The summed E-state index contributed by atoms with van der Waals surface area (Å²) in [6.07, 6.45) is 0.309. The highest BCUT2D eigenvalue weighted by Crippen LogP contribution is 2.12. The van der Waals surface area contributed by atoms with Gasteiger partial charge in [-0.25, -0.2) is 0 Å². The maximum atomic E-state index is 11.8. The Bertz CT molecular complexity index is 611. The molecule has 0 aliphatic carbocycles. The molecule has 0 saturated carbocycles. The van der Waals surface area contributed by atoms with Crippen LogP contribution in [0.5, 0.6) is 5.75 Å². The summed E-state index contributed by atoms with van der Waals surface area (Å²) in [5.41, 5.74) is 4.87. The van der Waals surface area contributed by atoms with Crippen molar-refractivity contribution in [2.45, 2.75) is 19.3 Å². The minimum Gasteiger partial charge on any atom is -0.497 e. The Morgan fingerprint density at radius 1 is 1.09 bits per heavy atom. The van der Waals surface area contributed by atoms with Crippen LogP contribution in [0.1, 0.15) is 29.6 Å². The normalized spacial score (nSPS) is 13.9. The molecule has 1 heterocycles. The summed E-state index contributed by atoms with van der Waals surface area (Å²) >= 11 is 0. The zero-order valence-corrected chi connectivity index (χ0v) is 12.6. The van der Waals surface area contributed by atoms with E-state index in [-0.39, 0.29) is 37.6 Å². The van der Waals surface area contributed by atoms with Crippen molar-refractivity contribution < 1.29 is 23.9 Å². The Kier molecular flexibility index (Phi) is 5.29. The average molecular weight is 319 g/mol. The van der Waals surface area contributed by atoms with E-state index in [1.54, 1.807) is 24.3 Å². The lowest BCUT2D eigenvalue weighted by Crippen LogP contribution is -2.43. The fraction of sp³-hybridized carbons (Fsp3) is 0.333. The third kappa shape index (κ3) is 4.29. The molecule has 8 nitrogen and oxygen atoms in total. The van der Waals surface area contributed by atoms with Crippen LogP contribution in [0, 0.1) is 0 Å². The van der Waals surface area contributed by atoms with Gasteiger partial charge in [0.05, 0.1) is 7.11 Å². The monoisotopic (exact) mass is 319 g/mol. The lowest BCUT2D eigenvalue weighted by Gasteiger charge is -2.13. The number of nitrogens with one attached hydrogen (secondary N) is 2. The molecule has 0 atom stereocenters. The van der Waals surface area contributed by atoms with Gasteiger partial charge in [-0.2, -0.15) is 0 Å². The third-order valence-corrected chi connectivity index (χ3v) is 3.38. The predicted octanol–water partition coefficient (Wildman–Crippen LogP) is -0.00470. The second kappa shape index (κ2) is 7.39. The molecule has 0 bridgehead atoms. The molecular formula is C15H17N3O5. The summed E-state index contributed by atoms with van der Waals surface area (Å²) in [4.78, 5) is 47.3. The molecule has 122 valence electrons. The van der Waals surface area contributed by atoms with Crippen molar-refractivity contribution in [3.63, 3.8) is 0 Å². The average Bonchev–Trinajstić information content (AvgIpc) is 2.89. The van der Waals surface area contributed by atoms with Crippen LogP contribution in [0.25, 0.3) is 0 Å². The van der Waals surface area contributed by atoms with Crippen LogP contribution in [0.2, 0.25) is 0 Å². The van der Waals surface area contributed by atoms with Crippen LogP contribution >= 0.6 is 0 Å². The number of carbonyl (C=O) groups excluding carboxylic acids is 4. The number of carbonyl (C=O) groups is 4. The van der Waals surface area contributed by atoms with Gasteiger partial charge in [-0.1, -0.05) is 0 Å². The standard InChI is InChI=1S/C15H17N3O5/c1-23-11-4-2-10(3-5-11)15(22)17-16-12(19)8-9-18-13(20)6-7-14(18)21/h2-5H,6-9H2,1H3,(H,16,19)(H,17,22). The lowest BCUT2D eigenvalue weighted by atomic mass is 10.2. The van der Waals surface area contributed by atoms with Gasteiger partial charge in [-0.05, 0) is 24.3 Å². The Hall–Kier alpha value is -2.90. The van der Waals surface area contributed by atoms with Crippen LogP contribution in [-0.4, -0.2) is 42.2 Å². The Balaban J connectivity index is 1.76. The van der Waals surface area contributed by atoms with E-state index in [2.05, 4.69) is 10.9 Å². The van der Waals surface area contributed by atoms with Gasteiger partial charge < -0.3 is 4.74 Å². The van der Waals surface area contributed by atoms with Crippen molar-refractivity contribution in [1.82, 2.24) is 15.8 Å². The highest BCUT2D eigenvalue weighted by Gasteiger charge is 2.28. The summed E-state index contributed by atoms with van der Waals surface area (Å²) in [6, 6.07) is 6.37. The van der Waals surface area contributed by atoms with E-state index < -0.39 is 11.8 Å². The number of ether oxygens (including phenoxy) is 1. The molecule has 1 fully saturated rings. The quantitative estimate of drug-likeness (QED) is 0.587. The van der Waals surface area contributed by atoms with Crippen molar-refractivity contribution in [2.24, 2.45) is 0 Å². The van der Waals surface area contributed by atoms with Crippen LogP contribution < -0.4 is 15.6 Å². The number of nitrogens with zero attached hydrogens (tertiary/aromatic N) is 1. The van der Waals surface area contributed by atoms with Crippen LogP contribution in [0.3, 0.4) is 0 Å². The summed E-state index contributed by atoms with van der Waals surface area (Å²) < 4.78 is 4.98. The number of amides is 4. The topological polar surface area (TPSA) is 105 Å². The highest BCUT2D eigenvalue weighted by molar-refractivity contribution is 6.02. The zero-order valence-electron chi connectivity index (χ0n) is 12.6. The third-order valence-electron chi connectivity index (χ3n) is 3.38. The van der Waals surface area contributed by atoms with Crippen molar-refractivity contribution >= 4 is 23.6 Å². The molecular weight excluding hydrogens is 302 g/mol. The Morgan fingerprint density at radius 2 is 1.70 bits per heavy atom. The van der Waals surface area contributed by atoms with E-state index in [0.29, 0.717) is 11.3 Å². The summed E-state index contributed by atoms with van der Waals surface area (Å²) in [6.45, 7) is 0.0158. The highest BCUT2D eigenvalue weighted by atomic mass is 16.5. The van der Waals surface area contributed by atoms with E-state index in [1.807, 2.05) is 0 Å². The van der Waals surface area contributed by atoms with Gasteiger partial charge in [-0.15, -0.1) is 0 Å². The minimum absolute atomic E-state index is 0.0158. The largest absolute Gasteiger partial charge is 0.497 e. The number of likely N-dealkylation sites (tertiary alicyclic amines) is 1. The van der Waals surface area contributed by atoms with Crippen LogP contribution in [-0.2, 0) is 14.4 Å². The number of hydrogen-bond acceptors (Lipinski definition) is 5. The first-order valence-corrected chi connectivity index (χ1v) is 7.07. The smallest absolute Gasteiger partial charge is 0.269 e. The van der Waals surface area contributed by atoms with Gasteiger partial charge in [0.1, 0.15) is 5.75 Å². The Morgan fingerprint density at radius 3 is 2.26 bits per heavy atom. The first kappa shape index (κ1) is 16.5. The number of rotatable bonds is 5. The number of hydrogen-bond donors (Lipinski definition) is 2. The number of methoxy groups -OCH3 is 1. The van der Waals surface area contributed by atoms with Gasteiger partial charge in [0.25, 0.3) is 5.91 Å². The lowest BCUT2D eigenvalue weighted by molar-refractivity contribution is -0.138. The summed E-state index contributed by atoms with van der Waals surface area (Å²) in [5.74, 6) is -0.894. The van der Waals surface area contributed by atoms with E-state index in [0.717, 1.165) is 4.90 Å². The summed E-state index contributed by atoms with van der Waals surface area (Å²) in [7, 11) is 1.52. The van der Waals surface area contributed by atoms with Crippen molar-refractivity contribution in [3.8, 4) is 5.75 Å². The minimum atomic E-state index is -0.487. The van der Waals surface area contributed by atoms with Crippen molar-refractivity contribution in [1.29, 1.82) is 0 Å². The first-order chi connectivity index (χ1) is 11.0. The molecule has 0 unspecified atom stereocenters. The van der Waals surface area contributed by atoms with Crippen LogP contribution in [0.15, 0.2) is 24.3 Å². The molecule has 4 amide bonds. The molecule has 8 heteroatoms. The van der Waals surface area contributed by atoms with Crippen molar-refractivity contribution in [2.75, 3.05) is 13.7 Å². The van der Waals surface area contributed by atoms with Crippen LogP contribution in [0.4, 0.5) is 0 Å². The molecule has 23 heavy (non-hydrogen) atoms. The maximum absolute atomic E-state index is 11.8. The maximum Gasteiger partial charge on any atom is 0.269 e. The molecule has 1 aromatic rings. The molecule has 2 rings (SSSR count). The molecule has 1 aromatic carbocycles. The predicted molar refractivity (Wildman–Crippen MR) is 79.2 cm³/mol. The zero-order chi connectivity index (χ0) is 16.8. The number of imide groups is 1. The van der Waals surface area contributed by atoms with Gasteiger partial charge in [0, 0.05) is 31.4 Å². The molecule has 0 spiro atoms. The molecule has 1 aliphatic heterocycles. The Labute approximate surface area is 132 Å². The van der Waals surface area contributed by atoms with Crippen molar-refractivity contribution in [3.05, 3.63) is 29.8 Å². The van der Waals surface area contributed by atoms with E-state index in [9.17, 15) is 19.2 Å².